The molecule has 0 spiro atoms. The molecular formula is C7H12FN3. The van der Waals surface area contributed by atoms with Crippen molar-refractivity contribution in [3.63, 3.8) is 0 Å². The van der Waals surface area contributed by atoms with Crippen LogP contribution in [0.15, 0.2) is 4.99 Å². The van der Waals surface area contributed by atoms with Crippen molar-refractivity contribution in [3.8, 4) is 0 Å². The molecule has 2 heterocycles. The Balaban J connectivity index is 2.14. The number of rotatable bonds is 0. The van der Waals surface area contributed by atoms with Crippen LogP contribution >= 0.6 is 0 Å². The van der Waals surface area contributed by atoms with Gasteiger partial charge in [0.2, 0.25) is 5.96 Å². The summed E-state index contributed by atoms with van der Waals surface area (Å²) >= 11 is 0. The van der Waals surface area contributed by atoms with Crippen molar-refractivity contribution in [3.05, 3.63) is 0 Å². The van der Waals surface area contributed by atoms with E-state index in [1.54, 1.807) is 0 Å². The number of hydrogen-bond donors (Lipinski definition) is 0. The van der Waals surface area contributed by atoms with Crippen LogP contribution in [0.2, 0.25) is 0 Å². The van der Waals surface area contributed by atoms with Crippen LogP contribution in [0.1, 0.15) is 12.8 Å². The van der Waals surface area contributed by atoms with Crippen molar-refractivity contribution in [1.29, 1.82) is 0 Å². The van der Waals surface area contributed by atoms with Gasteiger partial charge in [0.1, 0.15) is 0 Å². The van der Waals surface area contributed by atoms with Gasteiger partial charge in [-0.15, -0.1) is 0 Å². The first-order valence-electron chi connectivity index (χ1n) is 4.10. The normalized spacial score (nSPS) is 24.6. The van der Waals surface area contributed by atoms with Crippen molar-refractivity contribution < 1.29 is 4.48 Å². The quantitative estimate of drug-likeness (QED) is 0.480. The maximum absolute atomic E-state index is 13.0. The van der Waals surface area contributed by atoms with Crippen LogP contribution in [0.25, 0.3) is 0 Å². The second-order valence-electron chi connectivity index (χ2n) is 2.96. The highest BCUT2D eigenvalue weighted by Crippen LogP contribution is 2.13. The fourth-order valence-corrected chi connectivity index (χ4v) is 1.58. The minimum Gasteiger partial charge on any atom is -0.341 e. The lowest BCUT2D eigenvalue weighted by Gasteiger charge is -2.35. The van der Waals surface area contributed by atoms with Gasteiger partial charge in [0.05, 0.1) is 6.54 Å². The molecule has 0 unspecified atom stereocenters. The van der Waals surface area contributed by atoms with E-state index in [-0.39, 0.29) is 0 Å². The Bertz CT molecular complexity index is 181. The molecule has 2 aliphatic rings. The van der Waals surface area contributed by atoms with Crippen LogP contribution in [-0.2, 0) is 0 Å². The van der Waals surface area contributed by atoms with Crippen LogP contribution in [0.3, 0.4) is 0 Å². The van der Waals surface area contributed by atoms with E-state index in [9.17, 15) is 4.48 Å². The summed E-state index contributed by atoms with van der Waals surface area (Å²) < 4.78 is 13.0. The Hall–Kier alpha value is -0.800. The van der Waals surface area contributed by atoms with Crippen molar-refractivity contribution in [2.75, 3.05) is 26.2 Å². The molecule has 0 aromatic carbocycles. The third-order valence-corrected chi connectivity index (χ3v) is 2.12. The lowest BCUT2D eigenvalue weighted by Crippen LogP contribution is -2.49. The van der Waals surface area contributed by atoms with E-state index in [1.165, 1.54) is 0 Å². The molecule has 0 N–H and O–H groups in total. The van der Waals surface area contributed by atoms with Crippen LogP contribution in [0.5, 0.6) is 0 Å². The summed E-state index contributed by atoms with van der Waals surface area (Å²) in [5.41, 5.74) is 0. The third kappa shape index (κ3) is 1.17. The molecule has 3 nitrogen and oxygen atoms in total. The highest BCUT2D eigenvalue weighted by molar-refractivity contribution is 5.80. The summed E-state index contributed by atoms with van der Waals surface area (Å²) in [6, 6.07) is 0. The molecule has 4 heteroatoms. The molecule has 0 radical (unpaired) electrons. The van der Waals surface area contributed by atoms with Crippen molar-refractivity contribution in [2.45, 2.75) is 12.8 Å². The number of nitrogens with zero attached hydrogens (tertiary/aromatic N) is 3. The zero-order valence-electron chi connectivity index (χ0n) is 6.46. The minimum atomic E-state index is 0.509. The molecule has 11 heavy (non-hydrogen) atoms. The van der Waals surface area contributed by atoms with E-state index < -0.39 is 0 Å². The highest BCUT2D eigenvalue weighted by atomic mass is 19.2. The second-order valence-corrected chi connectivity index (χ2v) is 2.96. The molecule has 2 aliphatic heterocycles. The Morgan fingerprint density at radius 3 is 2.82 bits per heavy atom. The van der Waals surface area contributed by atoms with E-state index in [0.717, 1.165) is 37.6 Å². The smallest absolute Gasteiger partial charge is 0.225 e. The number of fused-ring (bicyclic) bond motifs is 1. The molecule has 1 saturated heterocycles. The first-order valence-corrected chi connectivity index (χ1v) is 4.10. The number of aliphatic imine (C=N–C) groups is 1. The Labute approximate surface area is 65.4 Å². The first-order chi connectivity index (χ1) is 5.38. The molecule has 0 atom stereocenters. The SMILES string of the molecule is FN1CCCN2CCCN=C12. The van der Waals surface area contributed by atoms with Gasteiger partial charge in [0.25, 0.3) is 0 Å². The molecule has 62 valence electrons. The second kappa shape index (κ2) is 2.68. The predicted octanol–water partition coefficient (Wildman–Crippen LogP) is 0.638. The Kier molecular flexibility index (Phi) is 1.68. The van der Waals surface area contributed by atoms with Gasteiger partial charge in [-0.1, -0.05) is 4.48 Å². The summed E-state index contributed by atoms with van der Waals surface area (Å²) in [6.07, 6.45) is 1.98. The summed E-state index contributed by atoms with van der Waals surface area (Å²) in [5, 5.41) is 0.767. The number of guanidine groups is 1. The Morgan fingerprint density at radius 2 is 2.00 bits per heavy atom. The molecular weight excluding hydrogens is 145 g/mol. The fourth-order valence-electron chi connectivity index (χ4n) is 1.58. The van der Waals surface area contributed by atoms with E-state index >= 15 is 0 Å². The van der Waals surface area contributed by atoms with Gasteiger partial charge in [-0.25, -0.2) is 0 Å². The maximum Gasteiger partial charge on any atom is 0.225 e. The predicted molar refractivity (Wildman–Crippen MR) is 40.9 cm³/mol. The van der Waals surface area contributed by atoms with Gasteiger partial charge in [-0.2, -0.15) is 5.12 Å². The largest absolute Gasteiger partial charge is 0.341 e. The van der Waals surface area contributed by atoms with Gasteiger partial charge in [0.15, 0.2) is 0 Å². The van der Waals surface area contributed by atoms with Crippen molar-refractivity contribution in [2.24, 2.45) is 4.99 Å². The topological polar surface area (TPSA) is 18.8 Å². The van der Waals surface area contributed by atoms with Gasteiger partial charge in [0, 0.05) is 19.6 Å². The molecule has 0 bridgehead atoms. The van der Waals surface area contributed by atoms with Crippen LogP contribution < -0.4 is 0 Å². The zero-order chi connectivity index (χ0) is 7.68. The van der Waals surface area contributed by atoms with Gasteiger partial charge in [-0.3, -0.25) is 4.99 Å². The summed E-state index contributed by atoms with van der Waals surface area (Å²) in [7, 11) is 0. The molecule has 0 aromatic heterocycles. The summed E-state index contributed by atoms with van der Waals surface area (Å²) in [4.78, 5) is 6.15. The molecule has 0 aliphatic carbocycles. The summed E-state index contributed by atoms with van der Waals surface area (Å²) in [5.74, 6) is 0.558. The van der Waals surface area contributed by atoms with Crippen molar-refractivity contribution in [1.82, 2.24) is 10.0 Å². The highest BCUT2D eigenvalue weighted by Gasteiger charge is 2.24. The molecule has 0 saturated carbocycles. The van der Waals surface area contributed by atoms with E-state index in [1.807, 2.05) is 4.90 Å². The van der Waals surface area contributed by atoms with Crippen LogP contribution in [0, 0.1) is 0 Å². The average molecular weight is 157 g/mol. The minimum absolute atomic E-state index is 0.509. The first kappa shape index (κ1) is 6.88. The lowest BCUT2D eigenvalue weighted by molar-refractivity contribution is 0.0675. The van der Waals surface area contributed by atoms with E-state index in [0.29, 0.717) is 12.5 Å². The lowest BCUT2D eigenvalue weighted by atomic mass is 10.2. The summed E-state index contributed by atoms with van der Waals surface area (Å²) in [6.45, 7) is 3.24. The van der Waals surface area contributed by atoms with Crippen LogP contribution in [0.4, 0.5) is 4.48 Å². The monoisotopic (exact) mass is 157 g/mol. The van der Waals surface area contributed by atoms with Gasteiger partial charge >= 0.3 is 0 Å². The van der Waals surface area contributed by atoms with E-state index in [2.05, 4.69) is 4.99 Å². The molecule has 2 rings (SSSR count). The standard InChI is InChI=1S/C7H12FN3/c8-11-6-2-5-10-4-1-3-9-7(10)11/h1-6H2. The molecule has 0 amide bonds. The van der Waals surface area contributed by atoms with Crippen molar-refractivity contribution >= 4 is 5.96 Å². The molecule has 0 aromatic rings. The van der Waals surface area contributed by atoms with Gasteiger partial charge < -0.3 is 4.90 Å². The number of hydrogen-bond acceptors (Lipinski definition) is 3. The Morgan fingerprint density at radius 1 is 1.18 bits per heavy atom. The van der Waals surface area contributed by atoms with E-state index in [4.69, 9.17) is 0 Å². The zero-order valence-corrected chi connectivity index (χ0v) is 6.46. The fraction of sp³-hybridized carbons (Fsp3) is 0.857. The molecule has 1 fully saturated rings. The van der Waals surface area contributed by atoms with Gasteiger partial charge in [-0.05, 0) is 12.8 Å². The number of halogens is 1. The average Bonchev–Trinajstić information content (AvgIpc) is 2.06. The maximum atomic E-state index is 13.0. The van der Waals surface area contributed by atoms with Crippen LogP contribution in [-0.4, -0.2) is 42.2 Å². The third-order valence-electron chi connectivity index (χ3n) is 2.12.